The van der Waals surface area contributed by atoms with Gasteiger partial charge in [-0.15, -0.1) is 0 Å². The first-order chi connectivity index (χ1) is 16.1. The van der Waals surface area contributed by atoms with Gasteiger partial charge in [-0.05, 0) is 53.5 Å². The summed E-state index contributed by atoms with van der Waals surface area (Å²) in [5.41, 5.74) is 3.19. The van der Waals surface area contributed by atoms with Crippen molar-refractivity contribution < 1.29 is 15.0 Å². The smallest absolute Gasteiger partial charge is 0.262 e. The predicted octanol–water partition coefficient (Wildman–Crippen LogP) is 5.19. The second-order valence-corrected chi connectivity index (χ2v) is 8.63. The van der Waals surface area contributed by atoms with Gasteiger partial charge in [0, 0.05) is 17.9 Å². The van der Waals surface area contributed by atoms with Gasteiger partial charge in [0.05, 0.1) is 0 Å². The van der Waals surface area contributed by atoms with Crippen molar-refractivity contribution in [2.75, 3.05) is 5.75 Å². The average Bonchev–Trinajstić information content (AvgIpc) is 2.84. The minimum atomic E-state index is -0.495. The van der Waals surface area contributed by atoms with Gasteiger partial charge >= 0.3 is 0 Å². The van der Waals surface area contributed by atoms with E-state index in [1.54, 1.807) is 17.8 Å². The number of nitrogens with zero attached hydrogens (tertiary/aromatic N) is 1. The minimum absolute atomic E-state index is 0.0718. The van der Waals surface area contributed by atoms with Gasteiger partial charge in [0.15, 0.2) is 11.5 Å². The van der Waals surface area contributed by atoms with Crippen molar-refractivity contribution in [2.45, 2.75) is 25.1 Å². The van der Waals surface area contributed by atoms with E-state index in [0.29, 0.717) is 23.4 Å². The number of hydrogen-bond acceptors (Lipinski definition) is 5. The molecule has 0 aromatic heterocycles. The molecule has 0 unspecified atom stereocenters. The summed E-state index contributed by atoms with van der Waals surface area (Å²) in [6, 6.07) is 24.6. The van der Waals surface area contributed by atoms with E-state index in [9.17, 15) is 20.3 Å². The summed E-state index contributed by atoms with van der Waals surface area (Å²) >= 11 is 1.66. The topological polar surface area (TPSA) is 93.3 Å². The fourth-order valence-corrected chi connectivity index (χ4v) is 4.22. The van der Waals surface area contributed by atoms with Crippen LogP contribution < -0.4 is 5.32 Å². The Bertz CT molecular complexity index is 1140. The minimum Gasteiger partial charge on any atom is -0.504 e. The molecule has 5 nitrogen and oxygen atoms in total. The first-order valence-corrected chi connectivity index (χ1v) is 11.8. The van der Waals surface area contributed by atoms with Gasteiger partial charge in [-0.3, -0.25) is 4.79 Å². The number of thioether (sulfide) groups is 1. The van der Waals surface area contributed by atoms with E-state index in [4.69, 9.17) is 0 Å². The molecule has 0 bridgehead atoms. The second-order valence-electron chi connectivity index (χ2n) is 7.53. The highest BCUT2D eigenvalue weighted by molar-refractivity contribution is 7.98. The molecule has 6 heteroatoms. The predicted molar refractivity (Wildman–Crippen MR) is 133 cm³/mol. The molecule has 0 spiro atoms. The van der Waals surface area contributed by atoms with Crippen molar-refractivity contribution in [2.24, 2.45) is 0 Å². The number of aryl methyl sites for hydroxylation is 1. The van der Waals surface area contributed by atoms with Crippen LogP contribution in [0.1, 0.15) is 28.7 Å². The lowest BCUT2D eigenvalue weighted by atomic mass is 10.1. The van der Waals surface area contributed by atoms with E-state index in [2.05, 4.69) is 17.4 Å². The van der Waals surface area contributed by atoms with Crippen LogP contribution in [0.15, 0.2) is 78.4 Å². The lowest BCUT2D eigenvalue weighted by Gasteiger charge is -2.09. The van der Waals surface area contributed by atoms with Crippen LogP contribution in [0.25, 0.3) is 6.08 Å². The zero-order valence-corrected chi connectivity index (χ0v) is 19.0. The quantitative estimate of drug-likeness (QED) is 0.168. The van der Waals surface area contributed by atoms with Gasteiger partial charge in [-0.25, -0.2) is 0 Å². The Balaban J connectivity index is 1.60. The first kappa shape index (κ1) is 24.0. The van der Waals surface area contributed by atoms with E-state index in [0.717, 1.165) is 24.2 Å². The Kier molecular flexibility index (Phi) is 8.98. The summed E-state index contributed by atoms with van der Waals surface area (Å²) in [5, 5.41) is 32.5. The fraction of sp³-hybridized carbons (Fsp3) is 0.185. The van der Waals surface area contributed by atoms with Crippen LogP contribution in [-0.2, 0) is 23.5 Å². The zero-order valence-electron chi connectivity index (χ0n) is 18.2. The summed E-state index contributed by atoms with van der Waals surface area (Å²) in [4.78, 5) is 12.4. The Labute approximate surface area is 198 Å². The molecular formula is C27H26N2O3S. The third-order valence-electron chi connectivity index (χ3n) is 5.02. The maximum absolute atomic E-state index is 12.4. The molecule has 0 radical (unpaired) electrons. The van der Waals surface area contributed by atoms with Crippen molar-refractivity contribution in [3.63, 3.8) is 0 Å². The van der Waals surface area contributed by atoms with Crippen LogP contribution in [0.4, 0.5) is 0 Å². The average molecular weight is 459 g/mol. The SMILES string of the molecule is N#C/C(=C\c1cc(O)c(O)c(CSCCCc2ccccc2)c1)C(=O)NCc1ccccc1. The molecule has 3 aromatic rings. The maximum Gasteiger partial charge on any atom is 0.262 e. The number of phenols is 2. The van der Waals surface area contributed by atoms with Crippen LogP contribution >= 0.6 is 11.8 Å². The van der Waals surface area contributed by atoms with E-state index >= 15 is 0 Å². The molecule has 33 heavy (non-hydrogen) atoms. The Hall–Kier alpha value is -3.69. The number of amides is 1. The van der Waals surface area contributed by atoms with Gasteiger partial charge in [0.1, 0.15) is 11.6 Å². The number of aromatic hydroxyl groups is 2. The lowest BCUT2D eigenvalue weighted by molar-refractivity contribution is -0.117. The molecule has 0 aliphatic rings. The van der Waals surface area contributed by atoms with Crippen LogP contribution in [-0.4, -0.2) is 21.9 Å². The number of nitriles is 1. The highest BCUT2D eigenvalue weighted by atomic mass is 32.2. The first-order valence-electron chi connectivity index (χ1n) is 10.7. The van der Waals surface area contributed by atoms with E-state index in [1.165, 1.54) is 17.7 Å². The van der Waals surface area contributed by atoms with Gasteiger partial charge in [-0.2, -0.15) is 17.0 Å². The highest BCUT2D eigenvalue weighted by Crippen LogP contribution is 2.33. The Morgan fingerprint density at radius 2 is 1.67 bits per heavy atom. The fourth-order valence-electron chi connectivity index (χ4n) is 3.29. The maximum atomic E-state index is 12.4. The lowest BCUT2D eigenvalue weighted by Crippen LogP contribution is -2.23. The van der Waals surface area contributed by atoms with Crippen LogP contribution in [0, 0.1) is 11.3 Å². The van der Waals surface area contributed by atoms with Crippen molar-refractivity contribution in [1.29, 1.82) is 5.26 Å². The molecule has 0 aliphatic carbocycles. The van der Waals surface area contributed by atoms with Gasteiger partial charge in [-0.1, -0.05) is 60.7 Å². The van der Waals surface area contributed by atoms with E-state index in [1.807, 2.05) is 54.6 Å². The third kappa shape index (κ3) is 7.44. The molecule has 3 N–H and O–H groups in total. The number of carbonyl (C=O) groups is 1. The molecular weight excluding hydrogens is 432 g/mol. The number of nitrogens with one attached hydrogen (secondary N) is 1. The molecule has 0 aliphatic heterocycles. The Morgan fingerprint density at radius 1 is 1.00 bits per heavy atom. The summed E-state index contributed by atoms with van der Waals surface area (Å²) < 4.78 is 0. The number of rotatable bonds is 10. The molecule has 3 aromatic carbocycles. The summed E-state index contributed by atoms with van der Waals surface area (Å²) in [5.74, 6) is 0.476. The number of carbonyl (C=O) groups excluding carboxylic acids is 1. The van der Waals surface area contributed by atoms with Crippen LogP contribution in [0.5, 0.6) is 11.5 Å². The summed E-state index contributed by atoms with van der Waals surface area (Å²) in [7, 11) is 0. The van der Waals surface area contributed by atoms with Crippen molar-refractivity contribution in [3.8, 4) is 17.6 Å². The third-order valence-corrected chi connectivity index (χ3v) is 6.11. The number of phenolic OH excluding ortho intramolecular Hbond substituents is 2. The van der Waals surface area contributed by atoms with Crippen LogP contribution in [0.3, 0.4) is 0 Å². The van der Waals surface area contributed by atoms with Crippen molar-refractivity contribution >= 4 is 23.7 Å². The molecule has 168 valence electrons. The van der Waals surface area contributed by atoms with Gasteiger partial charge < -0.3 is 15.5 Å². The second kappa shape index (κ2) is 12.4. The number of benzene rings is 3. The molecule has 0 saturated heterocycles. The Morgan fingerprint density at radius 3 is 2.33 bits per heavy atom. The molecule has 0 atom stereocenters. The molecule has 3 rings (SSSR count). The van der Waals surface area contributed by atoms with Crippen molar-refractivity contribution in [1.82, 2.24) is 5.32 Å². The van der Waals surface area contributed by atoms with Crippen molar-refractivity contribution in [3.05, 3.63) is 101 Å². The molecule has 0 fully saturated rings. The monoisotopic (exact) mass is 458 g/mol. The van der Waals surface area contributed by atoms with Crippen LogP contribution in [0.2, 0.25) is 0 Å². The van der Waals surface area contributed by atoms with E-state index < -0.39 is 5.91 Å². The van der Waals surface area contributed by atoms with Gasteiger partial charge in [0.25, 0.3) is 5.91 Å². The largest absolute Gasteiger partial charge is 0.504 e. The van der Waals surface area contributed by atoms with E-state index in [-0.39, 0.29) is 17.1 Å². The highest BCUT2D eigenvalue weighted by Gasteiger charge is 2.12. The molecule has 1 amide bonds. The zero-order chi connectivity index (χ0) is 23.5. The summed E-state index contributed by atoms with van der Waals surface area (Å²) in [6.07, 6.45) is 3.40. The summed E-state index contributed by atoms with van der Waals surface area (Å²) in [6.45, 7) is 0.310. The number of hydrogen-bond donors (Lipinski definition) is 3. The standard InChI is InChI=1S/C27H26N2O3S/c28-17-23(27(32)29-18-21-10-5-2-6-11-21)14-22-15-24(26(31)25(30)16-22)19-33-13-7-12-20-8-3-1-4-9-20/h1-6,8-11,14-16,30-31H,7,12-13,18-19H2,(H,29,32)/b23-14+. The van der Waals surface area contributed by atoms with Gasteiger partial charge in [0.2, 0.25) is 0 Å². The molecule has 0 heterocycles. The normalized spacial score (nSPS) is 11.1. The molecule has 0 saturated carbocycles.